The van der Waals surface area contributed by atoms with Gasteiger partial charge in [-0.05, 0) is 19.3 Å². The molecule has 2 rings (SSSR count). The van der Waals surface area contributed by atoms with E-state index in [9.17, 15) is 4.79 Å². The van der Waals surface area contributed by atoms with Crippen molar-refractivity contribution in [2.75, 3.05) is 6.54 Å². The van der Waals surface area contributed by atoms with Gasteiger partial charge in [-0.15, -0.1) is 24.8 Å². The van der Waals surface area contributed by atoms with Crippen LogP contribution in [-0.4, -0.2) is 27.5 Å². The summed E-state index contributed by atoms with van der Waals surface area (Å²) in [6.07, 6.45) is 8.98. The molecule has 3 N–H and O–H groups in total. The van der Waals surface area contributed by atoms with Gasteiger partial charge in [0.05, 0.1) is 6.33 Å². The molecule has 7 heteroatoms. The first-order valence-corrected chi connectivity index (χ1v) is 5.69. The molecule has 0 aliphatic heterocycles. The first-order valence-electron chi connectivity index (χ1n) is 5.69. The van der Waals surface area contributed by atoms with Crippen molar-refractivity contribution in [1.82, 2.24) is 14.9 Å². The Kier molecular flexibility index (Phi) is 7.28. The highest BCUT2D eigenvalue weighted by Crippen LogP contribution is 2.27. The van der Waals surface area contributed by atoms with Crippen molar-refractivity contribution in [3.63, 3.8) is 0 Å². The van der Waals surface area contributed by atoms with Crippen LogP contribution >= 0.6 is 24.8 Å². The Morgan fingerprint density at radius 1 is 1.44 bits per heavy atom. The lowest BCUT2D eigenvalue weighted by atomic mass is 9.78. The van der Waals surface area contributed by atoms with E-state index in [0.29, 0.717) is 19.5 Å². The molecule has 1 aromatic heterocycles. The van der Waals surface area contributed by atoms with Crippen LogP contribution in [0, 0.1) is 0 Å². The largest absolute Gasteiger partial charge is 0.354 e. The predicted octanol–water partition coefficient (Wildman–Crippen LogP) is 1.11. The molecule has 0 spiro atoms. The smallest absolute Gasteiger partial charge is 0.221 e. The lowest BCUT2D eigenvalue weighted by molar-refractivity contribution is -0.121. The van der Waals surface area contributed by atoms with Gasteiger partial charge in [0.25, 0.3) is 0 Å². The molecule has 5 nitrogen and oxygen atoms in total. The molecule has 0 aromatic carbocycles. The number of rotatable bonds is 5. The van der Waals surface area contributed by atoms with Gasteiger partial charge in [0.1, 0.15) is 0 Å². The number of amides is 1. The Morgan fingerprint density at radius 2 is 2.17 bits per heavy atom. The molecule has 0 unspecified atom stereocenters. The summed E-state index contributed by atoms with van der Waals surface area (Å²) in [6.45, 7) is 1.28. The zero-order valence-corrected chi connectivity index (χ0v) is 11.8. The van der Waals surface area contributed by atoms with Crippen molar-refractivity contribution in [2.24, 2.45) is 5.73 Å². The second-order valence-corrected chi connectivity index (χ2v) is 4.54. The molecule has 1 heterocycles. The quantitative estimate of drug-likeness (QED) is 0.855. The first kappa shape index (κ1) is 17.2. The normalized spacial score (nSPS) is 15.8. The van der Waals surface area contributed by atoms with E-state index < -0.39 is 0 Å². The van der Waals surface area contributed by atoms with E-state index in [1.165, 1.54) is 6.42 Å². The third-order valence-corrected chi connectivity index (χ3v) is 3.14. The van der Waals surface area contributed by atoms with Gasteiger partial charge >= 0.3 is 0 Å². The van der Waals surface area contributed by atoms with Gasteiger partial charge in [-0.3, -0.25) is 4.79 Å². The lowest BCUT2D eigenvalue weighted by Gasteiger charge is -2.38. The third-order valence-electron chi connectivity index (χ3n) is 3.14. The molecule has 104 valence electrons. The van der Waals surface area contributed by atoms with Crippen molar-refractivity contribution in [1.29, 1.82) is 0 Å². The van der Waals surface area contributed by atoms with E-state index in [4.69, 9.17) is 5.73 Å². The maximum Gasteiger partial charge on any atom is 0.221 e. The fourth-order valence-electron chi connectivity index (χ4n) is 1.82. The van der Waals surface area contributed by atoms with Crippen molar-refractivity contribution in [3.8, 4) is 0 Å². The van der Waals surface area contributed by atoms with Crippen molar-refractivity contribution < 1.29 is 4.79 Å². The minimum absolute atomic E-state index is 0. The summed E-state index contributed by atoms with van der Waals surface area (Å²) in [6, 6.07) is 0. The van der Waals surface area contributed by atoms with Gasteiger partial charge in [0, 0.05) is 37.4 Å². The van der Waals surface area contributed by atoms with Gasteiger partial charge in [0.2, 0.25) is 5.91 Å². The molecule has 0 atom stereocenters. The topological polar surface area (TPSA) is 72.9 Å². The molecule has 1 fully saturated rings. The monoisotopic (exact) mass is 294 g/mol. The number of halogens is 2. The van der Waals surface area contributed by atoms with Gasteiger partial charge in [-0.25, -0.2) is 4.98 Å². The minimum atomic E-state index is -0.134. The number of nitrogens with two attached hydrogens (primary N) is 1. The number of nitrogens with zero attached hydrogens (tertiary/aromatic N) is 2. The van der Waals surface area contributed by atoms with Crippen LogP contribution < -0.4 is 11.1 Å². The number of imidazole rings is 1. The van der Waals surface area contributed by atoms with E-state index in [-0.39, 0.29) is 36.3 Å². The highest BCUT2D eigenvalue weighted by Gasteiger charge is 2.32. The summed E-state index contributed by atoms with van der Waals surface area (Å²) in [5.74, 6) is 0.0606. The lowest BCUT2D eigenvalue weighted by Crippen LogP contribution is -2.54. The summed E-state index contributed by atoms with van der Waals surface area (Å²) in [7, 11) is 0. The number of hydrogen-bond acceptors (Lipinski definition) is 3. The molecular formula is C11H20Cl2N4O. The molecule has 0 saturated heterocycles. The minimum Gasteiger partial charge on any atom is -0.354 e. The zero-order valence-electron chi connectivity index (χ0n) is 10.2. The van der Waals surface area contributed by atoms with Crippen LogP contribution in [0.5, 0.6) is 0 Å². The number of nitrogens with one attached hydrogen (secondary N) is 1. The molecule has 18 heavy (non-hydrogen) atoms. The van der Waals surface area contributed by atoms with E-state index in [1.54, 1.807) is 12.5 Å². The standard InChI is InChI=1S/C11H18N4O.2ClH/c12-11(3-1-4-11)8-14-10(16)2-6-15-7-5-13-9-15;;/h5,7,9H,1-4,6,8,12H2,(H,14,16);2*1H. The summed E-state index contributed by atoms with van der Waals surface area (Å²) < 4.78 is 1.89. The second-order valence-electron chi connectivity index (χ2n) is 4.54. The van der Waals surface area contributed by atoms with Crippen LogP contribution in [0.1, 0.15) is 25.7 Å². The maximum atomic E-state index is 11.5. The molecule has 1 saturated carbocycles. The summed E-state index contributed by atoms with van der Waals surface area (Å²) in [5.41, 5.74) is 5.88. The fraction of sp³-hybridized carbons (Fsp3) is 0.636. The Labute approximate surface area is 119 Å². The van der Waals surface area contributed by atoms with Gasteiger partial charge in [-0.1, -0.05) is 0 Å². The maximum absolute atomic E-state index is 11.5. The molecule has 0 bridgehead atoms. The van der Waals surface area contributed by atoms with Crippen LogP contribution in [0.25, 0.3) is 0 Å². The summed E-state index contributed by atoms with van der Waals surface area (Å²) >= 11 is 0. The van der Waals surface area contributed by atoms with E-state index in [0.717, 1.165) is 12.8 Å². The first-order chi connectivity index (χ1) is 7.68. The van der Waals surface area contributed by atoms with E-state index >= 15 is 0 Å². The Bertz CT molecular complexity index is 352. The number of aryl methyl sites for hydroxylation is 1. The van der Waals surface area contributed by atoms with Crippen LogP contribution in [-0.2, 0) is 11.3 Å². The number of carbonyl (C=O) groups is 1. The van der Waals surface area contributed by atoms with Crippen molar-refractivity contribution in [3.05, 3.63) is 18.7 Å². The summed E-state index contributed by atoms with van der Waals surface area (Å²) in [5, 5.41) is 2.89. The Morgan fingerprint density at radius 3 is 2.67 bits per heavy atom. The van der Waals surface area contributed by atoms with Crippen molar-refractivity contribution in [2.45, 2.75) is 37.8 Å². The van der Waals surface area contributed by atoms with E-state index in [2.05, 4.69) is 10.3 Å². The molecule has 1 aromatic rings. The van der Waals surface area contributed by atoms with Gasteiger partial charge in [-0.2, -0.15) is 0 Å². The van der Waals surface area contributed by atoms with Crippen molar-refractivity contribution >= 4 is 30.7 Å². The predicted molar refractivity (Wildman–Crippen MR) is 75.1 cm³/mol. The zero-order chi connectivity index (χ0) is 11.4. The molecule has 0 radical (unpaired) electrons. The second kappa shape index (κ2) is 7.61. The van der Waals surface area contributed by atoms with E-state index in [1.807, 2.05) is 10.8 Å². The van der Waals surface area contributed by atoms with Crippen LogP contribution in [0.15, 0.2) is 18.7 Å². The highest BCUT2D eigenvalue weighted by atomic mass is 35.5. The fourth-order valence-corrected chi connectivity index (χ4v) is 1.82. The van der Waals surface area contributed by atoms with Crippen LogP contribution in [0.4, 0.5) is 0 Å². The number of carbonyl (C=O) groups excluding carboxylic acids is 1. The highest BCUT2D eigenvalue weighted by molar-refractivity contribution is 5.85. The molecule has 1 aliphatic carbocycles. The average Bonchev–Trinajstić information content (AvgIpc) is 2.73. The molecule has 1 amide bonds. The van der Waals surface area contributed by atoms with Gasteiger partial charge in [0.15, 0.2) is 0 Å². The summed E-state index contributed by atoms with van der Waals surface area (Å²) in [4.78, 5) is 15.4. The number of hydrogen-bond donors (Lipinski definition) is 2. The SMILES string of the molecule is Cl.Cl.NC1(CNC(=O)CCn2ccnc2)CCC1. The number of aromatic nitrogens is 2. The Hall–Kier alpha value is -0.780. The Balaban J connectivity index is 0.00000144. The molecular weight excluding hydrogens is 275 g/mol. The van der Waals surface area contributed by atoms with Gasteiger partial charge < -0.3 is 15.6 Å². The average molecular weight is 295 g/mol. The molecule has 1 aliphatic rings. The van der Waals surface area contributed by atoms with Crippen LogP contribution in [0.3, 0.4) is 0 Å². The van der Waals surface area contributed by atoms with Crippen LogP contribution in [0.2, 0.25) is 0 Å². The third kappa shape index (κ3) is 4.84.